The van der Waals surface area contributed by atoms with Gasteiger partial charge in [-0.25, -0.2) is 9.97 Å². The van der Waals surface area contributed by atoms with Crippen molar-refractivity contribution in [3.05, 3.63) is 23.3 Å². The summed E-state index contributed by atoms with van der Waals surface area (Å²) in [5.74, 6) is 3.15. The lowest BCUT2D eigenvalue weighted by atomic mass is 9.87. The van der Waals surface area contributed by atoms with Gasteiger partial charge in [0.15, 0.2) is 0 Å². The highest BCUT2D eigenvalue weighted by Crippen LogP contribution is 2.45. The summed E-state index contributed by atoms with van der Waals surface area (Å²) in [5.41, 5.74) is 8.34. The summed E-state index contributed by atoms with van der Waals surface area (Å²) < 4.78 is 0. The van der Waals surface area contributed by atoms with E-state index in [-0.39, 0.29) is 0 Å². The van der Waals surface area contributed by atoms with E-state index in [1.54, 1.807) is 0 Å². The fourth-order valence-corrected chi connectivity index (χ4v) is 2.66. The second-order valence-electron chi connectivity index (χ2n) is 5.36. The van der Waals surface area contributed by atoms with Crippen LogP contribution in [0.3, 0.4) is 0 Å². The first kappa shape index (κ1) is 10.2. The van der Waals surface area contributed by atoms with Crippen molar-refractivity contribution in [2.45, 2.75) is 38.5 Å². The lowest BCUT2D eigenvalue weighted by molar-refractivity contribution is 0.460. The van der Waals surface area contributed by atoms with Crippen molar-refractivity contribution in [1.29, 1.82) is 0 Å². The molecule has 0 radical (unpaired) electrons. The van der Waals surface area contributed by atoms with Crippen LogP contribution in [0, 0.1) is 11.8 Å². The number of hydrogen-bond acceptors (Lipinski definition) is 3. The highest BCUT2D eigenvalue weighted by molar-refractivity contribution is 5.23. The van der Waals surface area contributed by atoms with Gasteiger partial charge in [-0.1, -0.05) is 6.92 Å². The topological polar surface area (TPSA) is 51.8 Å². The summed E-state index contributed by atoms with van der Waals surface area (Å²) in [5, 5.41) is 0. The van der Waals surface area contributed by atoms with Gasteiger partial charge in [-0.15, -0.1) is 0 Å². The first-order chi connectivity index (χ1) is 7.78. The van der Waals surface area contributed by atoms with Crippen LogP contribution in [0.4, 0.5) is 0 Å². The molecule has 86 valence electrons. The van der Waals surface area contributed by atoms with Crippen molar-refractivity contribution in [2.24, 2.45) is 17.6 Å². The summed E-state index contributed by atoms with van der Waals surface area (Å²) >= 11 is 0. The van der Waals surface area contributed by atoms with Crippen LogP contribution < -0.4 is 5.73 Å². The van der Waals surface area contributed by atoms with E-state index < -0.39 is 0 Å². The van der Waals surface area contributed by atoms with Crippen LogP contribution in [-0.2, 0) is 12.8 Å². The molecule has 2 aliphatic rings. The highest BCUT2D eigenvalue weighted by atomic mass is 14.9. The first-order valence-corrected chi connectivity index (χ1v) is 6.32. The van der Waals surface area contributed by atoms with Crippen LogP contribution in [0.15, 0.2) is 6.20 Å². The molecule has 1 fully saturated rings. The third-order valence-electron chi connectivity index (χ3n) is 4.05. The van der Waals surface area contributed by atoms with Gasteiger partial charge < -0.3 is 5.73 Å². The largest absolute Gasteiger partial charge is 0.330 e. The molecule has 3 rings (SSSR count). The van der Waals surface area contributed by atoms with Gasteiger partial charge in [-0.3, -0.25) is 0 Å². The van der Waals surface area contributed by atoms with Gasteiger partial charge in [-0.2, -0.15) is 0 Å². The smallest absolute Gasteiger partial charge is 0.131 e. The van der Waals surface area contributed by atoms with Crippen molar-refractivity contribution in [3.8, 4) is 0 Å². The summed E-state index contributed by atoms with van der Waals surface area (Å²) in [7, 11) is 0. The standard InChI is InChI=1S/C13H19N3/c1-8-4-11(8)13-15-7-10-5-9(6-14)2-3-12(10)16-13/h7-9,11H,2-6,14H2,1H3. The normalized spacial score (nSPS) is 32.2. The van der Waals surface area contributed by atoms with Gasteiger partial charge in [0.2, 0.25) is 0 Å². The number of aromatic nitrogens is 2. The minimum atomic E-state index is 0.637. The Morgan fingerprint density at radius 3 is 3.00 bits per heavy atom. The zero-order valence-corrected chi connectivity index (χ0v) is 9.82. The number of nitrogens with two attached hydrogens (primary N) is 1. The van der Waals surface area contributed by atoms with Crippen LogP contribution in [-0.4, -0.2) is 16.5 Å². The number of fused-ring (bicyclic) bond motifs is 1. The molecule has 3 unspecified atom stereocenters. The Morgan fingerprint density at radius 2 is 2.31 bits per heavy atom. The zero-order chi connectivity index (χ0) is 11.1. The van der Waals surface area contributed by atoms with Crippen molar-refractivity contribution in [3.63, 3.8) is 0 Å². The van der Waals surface area contributed by atoms with Gasteiger partial charge in [0.25, 0.3) is 0 Å². The van der Waals surface area contributed by atoms with E-state index in [1.807, 2.05) is 6.20 Å². The van der Waals surface area contributed by atoms with Gasteiger partial charge in [0.1, 0.15) is 5.82 Å². The minimum Gasteiger partial charge on any atom is -0.330 e. The van der Waals surface area contributed by atoms with Crippen molar-refractivity contribution in [2.75, 3.05) is 6.54 Å². The fourth-order valence-electron chi connectivity index (χ4n) is 2.66. The third-order valence-corrected chi connectivity index (χ3v) is 4.05. The molecule has 3 nitrogen and oxygen atoms in total. The summed E-state index contributed by atoms with van der Waals surface area (Å²) in [4.78, 5) is 9.26. The predicted molar refractivity (Wildman–Crippen MR) is 63.1 cm³/mol. The third kappa shape index (κ3) is 1.73. The fraction of sp³-hybridized carbons (Fsp3) is 0.692. The van der Waals surface area contributed by atoms with Gasteiger partial charge in [0.05, 0.1) is 0 Å². The molecule has 3 heteroatoms. The van der Waals surface area contributed by atoms with E-state index in [0.29, 0.717) is 11.8 Å². The van der Waals surface area contributed by atoms with Gasteiger partial charge in [0, 0.05) is 17.8 Å². The zero-order valence-electron chi connectivity index (χ0n) is 9.82. The minimum absolute atomic E-state index is 0.637. The molecule has 3 atom stereocenters. The Hall–Kier alpha value is -0.960. The lowest BCUT2D eigenvalue weighted by Gasteiger charge is -2.22. The van der Waals surface area contributed by atoms with Crippen LogP contribution in [0.25, 0.3) is 0 Å². The average molecular weight is 217 g/mol. The van der Waals surface area contributed by atoms with Crippen LogP contribution >= 0.6 is 0 Å². The molecule has 2 N–H and O–H groups in total. The molecule has 2 aliphatic carbocycles. The molecule has 1 saturated carbocycles. The quantitative estimate of drug-likeness (QED) is 0.819. The van der Waals surface area contributed by atoms with Crippen molar-refractivity contribution < 1.29 is 0 Å². The van der Waals surface area contributed by atoms with Crippen LogP contribution in [0.2, 0.25) is 0 Å². The number of hydrogen-bond donors (Lipinski definition) is 1. The maximum absolute atomic E-state index is 5.73. The number of rotatable bonds is 2. The Balaban J connectivity index is 1.84. The van der Waals surface area contributed by atoms with E-state index in [2.05, 4.69) is 11.9 Å². The molecule has 0 spiro atoms. The molecular formula is C13H19N3. The van der Waals surface area contributed by atoms with Crippen molar-refractivity contribution in [1.82, 2.24) is 9.97 Å². The van der Waals surface area contributed by atoms with E-state index >= 15 is 0 Å². The molecule has 0 bridgehead atoms. The average Bonchev–Trinajstić information content (AvgIpc) is 3.05. The second kappa shape index (κ2) is 3.81. The molecule has 0 aliphatic heterocycles. The van der Waals surface area contributed by atoms with E-state index in [9.17, 15) is 0 Å². The maximum Gasteiger partial charge on any atom is 0.131 e. The van der Waals surface area contributed by atoms with Crippen LogP contribution in [0.1, 0.15) is 42.8 Å². The Morgan fingerprint density at radius 1 is 1.50 bits per heavy atom. The molecule has 1 aromatic heterocycles. The maximum atomic E-state index is 5.73. The highest BCUT2D eigenvalue weighted by Gasteiger charge is 2.37. The lowest BCUT2D eigenvalue weighted by Crippen LogP contribution is -2.23. The van der Waals surface area contributed by atoms with Gasteiger partial charge >= 0.3 is 0 Å². The monoisotopic (exact) mass is 217 g/mol. The van der Waals surface area contributed by atoms with Crippen LogP contribution in [0.5, 0.6) is 0 Å². The summed E-state index contributed by atoms with van der Waals surface area (Å²) in [6.45, 7) is 3.07. The molecular weight excluding hydrogens is 198 g/mol. The molecule has 0 aromatic carbocycles. The molecule has 0 saturated heterocycles. The van der Waals surface area contributed by atoms with E-state index in [4.69, 9.17) is 10.7 Å². The van der Waals surface area contributed by atoms with E-state index in [1.165, 1.54) is 24.1 Å². The first-order valence-electron chi connectivity index (χ1n) is 6.32. The molecule has 16 heavy (non-hydrogen) atoms. The van der Waals surface area contributed by atoms with E-state index in [0.717, 1.165) is 31.1 Å². The summed E-state index contributed by atoms with van der Waals surface area (Å²) in [6.07, 6.45) is 6.68. The molecule has 1 heterocycles. The summed E-state index contributed by atoms with van der Waals surface area (Å²) in [6, 6.07) is 0. The molecule has 1 aromatic rings. The van der Waals surface area contributed by atoms with Gasteiger partial charge in [-0.05, 0) is 49.6 Å². The Labute approximate surface area is 96.5 Å². The Kier molecular flexibility index (Phi) is 2.43. The number of nitrogens with zero attached hydrogens (tertiary/aromatic N) is 2. The van der Waals surface area contributed by atoms with Crippen molar-refractivity contribution >= 4 is 0 Å². The Bertz CT molecular complexity index is 402. The number of aryl methyl sites for hydroxylation is 1. The SMILES string of the molecule is CC1CC1c1ncc2c(n1)CCC(CN)C2. The predicted octanol–water partition coefficient (Wildman–Crippen LogP) is 1.66. The second-order valence-corrected chi connectivity index (χ2v) is 5.36. The molecule has 0 amide bonds.